The minimum atomic E-state index is -4.30. The lowest BCUT2D eigenvalue weighted by Crippen LogP contribution is -2.28. The Hall–Kier alpha value is -3.16. The fourth-order valence-electron chi connectivity index (χ4n) is 3.60. The van der Waals surface area contributed by atoms with E-state index in [-0.39, 0.29) is 11.4 Å². The van der Waals surface area contributed by atoms with Crippen LogP contribution in [0.5, 0.6) is 5.75 Å². The Balaban J connectivity index is 1.79. The molecule has 32 heavy (non-hydrogen) atoms. The van der Waals surface area contributed by atoms with Crippen molar-refractivity contribution in [2.24, 2.45) is 0 Å². The van der Waals surface area contributed by atoms with Crippen molar-refractivity contribution in [3.63, 3.8) is 0 Å². The lowest BCUT2D eigenvalue weighted by molar-refractivity contribution is -0.132. The first kappa shape index (κ1) is 23.5. The van der Waals surface area contributed by atoms with Crippen molar-refractivity contribution < 1.29 is 22.5 Å². The molecule has 3 aromatic rings. The lowest BCUT2D eigenvalue weighted by Gasteiger charge is -2.24. The number of nitrogens with zero attached hydrogens (tertiary/aromatic N) is 1. The van der Waals surface area contributed by atoms with Gasteiger partial charge in [-0.2, -0.15) is 8.42 Å². The van der Waals surface area contributed by atoms with E-state index in [9.17, 15) is 17.8 Å². The summed E-state index contributed by atoms with van der Waals surface area (Å²) in [6.45, 7) is 4.23. The monoisotopic (exact) mass is 453 g/mol. The smallest absolute Gasteiger partial charge is 0.331 e. The SMILES string of the molecule is CCC(CC)c1ccc(OC(=O)CN(c2ccccc2)c2ccc(S(=O)(=O)O)cc2)cc1. The summed E-state index contributed by atoms with van der Waals surface area (Å²) < 4.78 is 37.4. The fraction of sp³-hybridized carbons (Fsp3) is 0.240. The minimum Gasteiger partial charge on any atom is -0.425 e. The Labute approximate surface area is 189 Å². The molecule has 0 amide bonds. The summed E-state index contributed by atoms with van der Waals surface area (Å²) >= 11 is 0. The highest BCUT2D eigenvalue weighted by Gasteiger charge is 2.17. The van der Waals surface area contributed by atoms with Crippen molar-refractivity contribution in [1.29, 1.82) is 0 Å². The lowest BCUT2D eigenvalue weighted by atomic mass is 9.94. The maximum atomic E-state index is 12.7. The molecule has 6 nitrogen and oxygen atoms in total. The third kappa shape index (κ3) is 5.96. The topological polar surface area (TPSA) is 83.9 Å². The van der Waals surface area contributed by atoms with Crippen LogP contribution in [0.25, 0.3) is 0 Å². The van der Waals surface area contributed by atoms with Crippen LogP contribution in [0.15, 0.2) is 83.8 Å². The number of para-hydroxylation sites is 1. The second-order valence-corrected chi connectivity index (χ2v) is 8.87. The van der Waals surface area contributed by atoms with E-state index in [4.69, 9.17) is 4.74 Å². The molecule has 0 aliphatic rings. The first-order chi connectivity index (χ1) is 15.3. The van der Waals surface area contributed by atoms with Gasteiger partial charge in [0.05, 0.1) is 4.90 Å². The first-order valence-electron chi connectivity index (χ1n) is 10.5. The molecule has 0 heterocycles. The van der Waals surface area contributed by atoms with E-state index in [0.717, 1.165) is 18.5 Å². The normalized spacial score (nSPS) is 11.4. The molecule has 7 heteroatoms. The molecule has 0 radical (unpaired) electrons. The van der Waals surface area contributed by atoms with Crippen molar-refractivity contribution >= 4 is 27.5 Å². The van der Waals surface area contributed by atoms with Gasteiger partial charge in [-0.1, -0.05) is 44.2 Å². The van der Waals surface area contributed by atoms with Crippen LogP contribution in [0, 0.1) is 0 Å². The summed E-state index contributed by atoms with van der Waals surface area (Å²) in [5.41, 5.74) is 2.55. The number of esters is 1. The first-order valence-corrected chi connectivity index (χ1v) is 12.0. The predicted molar refractivity (Wildman–Crippen MR) is 125 cm³/mol. The highest BCUT2D eigenvalue weighted by Crippen LogP contribution is 2.27. The van der Waals surface area contributed by atoms with Crippen molar-refractivity contribution in [1.82, 2.24) is 0 Å². The molecule has 0 saturated carbocycles. The molecule has 168 valence electrons. The summed E-state index contributed by atoms with van der Waals surface area (Å²) in [4.78, 5) is 14.2. The average Bonchev–Trinajstić information content (AvgIpc) is 2.79. The van der Waals surface area contributed by atoms with Crippen LogP contribution in [-0.2, 0) is 14.9 Å². The van der Waals surface area contributed by atoms with E-state index in [0.29, 0.717) is 17.4 Å². The molecule has 3 rings (SSSR count). The molecule has 0 aliphatic heterocycles. The van der Waals surface area contributed by atoms with E-state index in [2.05, 4.69) is 13.8 Å². The Morgan fingerprint density at radius 2 is 1.44 bits per heavy atom. The number of carbonyl (C=O) groups excluding carboxylic acids is 1. The molecular weight excluding hydrogens is 426 g/mol. The Morgan fingerprint density at radius 3 is 1.97 bits per heavy atom. The van der Waals surface area contributed by atoms with Gasteiger partial charge >= 0.3 is 5.97 Å². The average molecular weight is 454 g/mol. The van der Waals surface area contributed by atoms with E-state index in [1.54, 1.807) is 17.0 Å². The molecule has 0 atom stereocenters. The number of hydrogen-bond donors (Lipinski definition) is 1. The number of hydrogen-bond acceptors (Lipinski definition) is 5. The van der Waals surface area contributed by atoms with Crippen LogP contribution in [-0.4, -0.2) is 25.5 Å². The van der Waals surface area contributed by atoms with Gasteiger partial charge in [0.25, 0.3) is 10.1 Å². The van der Waals surface area contributed by atoms with Crippen LogP contribution in [0.1, 0.15) is 38.2 Å². The summed E-state index contributed by atoms with van der Waals surface area (Å²) in [5, 5.41) is 0. The summed E-state index contributed by atoms with van der Waals surface area (Å²) in [5.74, 6) is 0.501. The van der Waals surface area contributed by atoms with Crippen LogP contribution in [0.4, 0.5) is 11.4 Å². The Kier molecular flexibility index (Phi) is 7.66. The van der Waals surface area contributed by atoms with Crippen LogP contribution >= 0.6 is 0 Å². The van der Waals surface area contributed by atoms with Crippen LogP contribution < -0.4 is 9.64 Å². The highest BCUT2D eigenvalue weighted by molar-refractivity contribution is 7.85. The Bertz CT molecular complexity index is 1120. The van der Waals surface area contributed by atoms with Crippen molar-refractivity contribution in [3.05, 3.63) is 84.4 Å². The number of ether oxygens (including phenoxy) is 1. The molecule has 0 bridgehead atoms. The highest BCUT2D eigenvalue weighted by atomic mass is 32.2. The molecule has 0 aromatic heterocycles. The van der Waals surface area contributed by atoms with E-state index >= 15 is 0 Å². The number of carbonyl (C=O) groups is 1. The zero-order valence-electron chi connectivity index (χ0n) is 18.1. The quantitative estimate of drug-likeness (QED) is 0.259. The van der Waals surface area contributed by atoms with Gasteiger partial charge < -0.3 is 9.64 Å². The Morgan fingerprint density at radius 1 is 0.875 bits per heavy atom. The fourth-order valence-corrected chi connectivity index (χ4v) is 4.08. The van der Waals surface area contributed by atoms with Gasteiger partial charge in [0, 0.05) is 11.4 Å². The van der Waals surface area contributed by atoms with Crippen molar-refractivity contribution in [2.45, 2.75) is 37.5 Å². The van der Waals surface area contributed by atoms with Gasteiger partial charge in [-0.25, -0.2) is 4.79 Å². The maximum Gasteiger partial charge on any atom is 0.331 e. The molecule has 0 unspecified atom stereocenters. The molecule has 0 spiro atoms. The second-order valence-electron chi connectivity index (χ2n) is 7.45. The zero-order chi connectivity index (χ0) is 23.1. The van der Waals surface area contributed by atoms with E-state index < -0.39 is 16.1 Å². The molecule has 1 N–H and O–H groups in total. The van der Waals surface area contributed by atoms with Gasteiger partial charge in [-0.15, -0.1) is 0 Å². The number of anilines is 2. The number of rotatable bonds is 9. The standard InChI is InChI=1S/C25H27NO5S/c1-3-19(4-2)20-10-14-23(15-11-20)31-25(27)18-26(21-8-6-5-7-9-21)22-12-16-24(17-13-22)32(28,29)30/h5-17,19H,3-4,18H2,1-2H3,(H,28,29,30). The molecule has 3 aromatic carbocycles. The number of benzene rings is 3. The summed E-state index contributed by atoms with van der Waals surface area (Å²) in [6.07, 6.45) is 2.11. The van der Waals surface area contributed by atoms with Crippen LogP contribution in [0.2, 0.25) is 0 Å². The van der Waals surface area contributed by atoms with Gasteiger partial charge in [-0.3, -0.25) is 4.55 Å². The molecule has 0 fully saturated rings. The third-order valence-electron chi connectivity index (χ3n) is 5.37. The van der Waals surface area contributed by atoms with Gasteiger partial charge in [0.2, 0.25) is 0 Å². The molecule has 0 saturated heterocycles. The van der Waals surface area contributed by atoms with Gasteiger partial charge in [0.1, 0.15) is 12.3 Å². The largest absolute Gasteiger partial charge is 0.425 e. The van der Waals surface area contributed by atoms with Crippen molar-refractivity contribution in [2.75, 3.05) is 11.4 Å². The summed E-state index contributed by atoms with van der Waals surface area (Å²) in [6, 6.07) is 22.5. The minimum absolute atomic E-state index is 0.0798. The third-order valence-corrected chi connectivity index (χ3v) is 6.24. The zero-order valence-corrected chi connectivity index (χ0v) is 19.0. The molecular formula is C25H27NO5S. The van der Waals surface area contributed by atoms with Crippen LogP contribution in [0.3, 0.4) is 0 Å². The van der Waals surface area contributed by atoms with E-state index in [1.807, 2.05) is 42.5 Å². The van der Waals surface area contributed by atoms with Gasteiger partial charge in [0.15, 0.2) is 0 Å². The van der Waals surface area contributed by atoms with E-state index in [1.165, 1.54) is 29.8 Å². The predicted octanol–water partition coefficient (Wildman–Crippen LogP) is 5.58. The second kappa shape index (κ2) is 10.4. The maximum absolute atomic E-state index is 12.7. The van der Waals surface area contributed by atoms with Crippen molar-refractivity contribution in [3.8, 4) is 5.75 Å². The summed E-state index contributed by atoms with van der Waals surface area (Å²) in [7, 11) is -4.30. The van der Waals surface area contributed by atoms with Gasteiger partial charge in [-0.05, 0) is 72.9 Å². The molecule has 0 aliphatic carbocycles.